The fraction of sp³-hybridized carbons (Fsp3) is 0.348. The summed E-state index contributed by atoms with van der Waals surface area (Å²) in [6, 6.07) is 19.6. The summed E-state index contributed by atoms with van der Waals surface area (Å²) in [5.74, 6) is 0.474. The maximum absolute atomic E-state index is 14.4. The van der Waals surface area contributed by atoms with Gasteiger partial charge >= 0.3 is 0 Å². The molecule has 0 saturated carbocycles. The Morgan fingerprint density at radius 1 is 1.00 bits per heavy atom. The molecule has 2 aromatic carbocycles. The van der Waals surface area contributed by atoms with E-state index < -0.39 is 15.4 Å². The summed E-state index contributed by atoms with van der Waals surface area (Å²) < 4.78 is 14.4. The standard InChI is InChI=1S/C23H32NOPSi/c1-7-23(27(4,5)6)22(18-19(2)3)24-26(25,20-14-10-8-11-15-20)21-16-12-9-13-17-21/h8-17,19,22H,1,18H2,2-6H3,(H,24,25)/t22-/m1/s1. The molecule has 0 aliphatic heterocycles. The number of rotatable bonds is 8. The fourth-order valence-corrected chi connectivity index (χ4v) is 7.75. The first kappa shape index (κ1) is 21.7. The van der Waals surface area contributed by atoms with E-state index in [0.717, 1.165) is 17.0 Å². The van der Waals surface area contributed by atoms with E-state index in [4.69, 9.17) is 0 Å². The fourth-order valence-electron chi connectivity index (χ4n) is 3.41. The van der Waals surface area contributed by atoms with Crippen LogP contribution in [0.15, 0.2) is 78.2 Å². The minimum Gasteiger partial charge on any atom is -0.297 e. The first-order valence-electron chi connectivity index (χ1n) is 9.58. The van der Waals surface area contributed by atoms with Gasteiger partial charge in [-0.15, -0.1) is 5.73 Å². The summed E-state index contributed by atoms with van der Waals surface area (Å²) in [6.45, 7) is 15.3. The van der Waals surface area contributed by atoms with Crippen molar-refractivity contribution < 1.29 is 4.57 Å². The highest BCUT2D eigenvalue weighted by Crippen LogP contribution is 2.41. The summed E-state index contributed by atoms with van der Waals surface area (Å²) >= 11 is 0. The molecule has 0 amide bonds. The third-order valence-corrected chi connectivity index (χ3v) is 9.50. The van der Waals surface area contributed by atoms with Gasteiger partial charge in [-0.2, -0.15) is 0 Å². The lowest BCUT2D eigenvalue weighted by Gasteiger charge is -2.33. The van der Waals surface area contributed by atoms with Gasteiger partial charge in [0.1, 0.15) is 0 Å². The first-order valence-corrected chi connectivity index (χ1v) is 14.8. The molecule has 2 aromatic rings. The van der Waals surface area contributed by atoms with Gasteiger partial charge in [-0.05, 0) is 41.8 Å². The van der Waals surface area contributed by atoms with E-state index in [1.165, 1.54) is 5.20 Å². The second-order valence-corrected chi connectivity index (χ2v) is 16.0. The monoisotopic (exact) mass is 397 g/mol. The average molecular weight is 398 g/mol. The van der Waals surface area contributed by atoms with Gasteiger partial charge in [0.15, 0.2) is 0 Å². The molecule has 0 radical (unpaired) electrons. The molecule has 0 unspecified atom stereocenters. The molecule has 0 aromatic heterocycles. The Balaban J connectivity index is 2.58. The van der Waals surface area contributed by atoms with Crippen LogP contribution in [0.1, 0.15) is 20.3 Å². The van der Waals surface area contributed by atoms with Gasteiger partial charge in [0.05, 0.1) is 8.07 Å². The van der Waals surface area contributed by atoms with E-state index >= 15 is 0 Å². The average Bonchev–Trinajstić information content (AvgIpc) is 2.62. The van der Waals surface area contributed by atoms with Crippen LogP contribution in [0.3, 0.4) is 0 Å². The van der Waals surface area contributed by atoms with E-state index in [2.05, 4.69) is 50.9 Å². The molecule has 0 aliphatic carbocycles. The zero-order valence-corrected chi connectivity index (χ0v) is 19.1. The van der Waals surface area contributed by atoms with E-state index in [1.807, 2.05) is 60.7 Å². The summed E-state index contributed by atoms with van der Waals surface area (Å²) in [6.07, 6.45) is 0.909. The van der Waals surface area contributed by atoms with Crippen LogP contribution in [0.2, 0.25) is 19.6 Å². The second-order valence-electron chi connectivity index (χ2n) is 8.43. The second kappa shape index (κ2) is 9.04. The molecule has 1 atom stereocenters. The van der Waals surface area contributed by atoms with E-state index in [1.54, 1.807) is 0 Å². The Bertz CT molecular complexity index is 790. The molecule has 0 heterocycles. The molecule has 4 heteroatoms. The SMILES string of the molecule is C=C=C([C@@H](CC(C)C)NP(=O)(c1ccccc1)c1ccccc1)[Si](C)(C)C. The van der Waals surface area contributed by atoms with Crippen LogP contribution in [-0.2, 0) is 4.57 Å². The highest BCUT2D eigenvalue weighted by molar-refractivity contribution is 7.77. The molecule has 27 heavy (non-hydrogen) atoms. The normalized spacial score (nSPS) is 13.3. The molecular formula is C23H32NOPSi. The summed E-state index contributed by atoms with van der Waals surface area (Å²) in [4.78, 5) is 0. The summed E-state index contributed by atoms with van der Waals surface area (Å²) in [5.41, 5.74) is 3.22. The Morgan fingerprint density at radius 3 is 1.78 bits per heavy atom. The third kappa shape index (κ3) is 5.43. The number of hydrogen-bond donors (Lipinski definition) is 1. The predicted octanol–water partition coefficient (Wildman–Crippen LogP) is 5.51. The van der Waals surface area contributed by atoms with Crippen molar-refractivity contribution in [3.05, 3.63) is 78.2 Å². The number of hydrogen-bond acceptors (Lipinski definition) is 1. The molecule has 2 nitrogen and oxygen atoms in total. The Morgan fingerprint density at radius 2 is 1.44 bits per heavy atom. The van der Waals surface area contributed by atoms with Crippen LogP contribution in [0.25, 0.3) is 0 Å². The van der Waals surface area contributed by atoms with E-state index in [0.29, 0.717) is 5.92 Å². The highest BCUT2D eigenvalue weighted by Gasteiger charge is 2.35. The lowest BCUT2D eigenvalue weighted by molar-refractivity contribution is 0.507. The van der Waals surface area contributed by atoms with Gasteiger partial charge in [-0.1, -0.05) is 76.5 Å². The maximum Gasteiger partial charge on any atom is 0.205 e. The zero-order chi connectivity index (χ0) is 20.1. The van der Waals surface area contributed by atoms with Crippen molar-refractivity contribution in [2.75, 3.05) is 0 Å². The van der Waals surface area contributed by atoms with Crippen molar-refractivity contribution in [1.29, 1.82) is 0 Å². The quantitative estimate of drug-likeness (QED) is 0.362. The van der Waals surface area contributed by atoms with Gasteiger partial charge in [-0.3, -0.25) is 9.65 Å². The van der Waals surface area contributed by atoms with Crippen molar-refractivity contribution in [2.45, 2.75) is 46.0 Å². The highest BCUT2D eigenvalue weighted by atomic mass is 31.2. The van der Waals surface area contributed by atoms with Gasteiger partial charge in [0.25, 0.3) is 0 Å². The lowest BCUT2D eigenvalue weighted by Crippen LogP contribution is -2.43. The van der Waals surface area contributed by atoms with Crippen LogP contribution in [0, 0.1) is 5.92 Å². The van der Waals surface area contributed by atoms with Crippen molar-refractivity contribution in [3.8, 4) is 0 Å². The van der Waals surface area contributed by atoms with Crippen LogP contribution in [0.4, 0.5) is 0 Å². The lowest BCUT2D eigenvalue weighted by atomic mass is 10.0. The molecule has 0 fully saturated rings. The van der Waals surface area contributed by atoms with Gasteiger partial charge in [-0.25, -0.2) is 0 Å². The number of nitrogens with one attached hydrogen (secondary N) is 1. The largest absolute Gasteiger partial charge is 0.297 e. The molecular weight excluding hydrogens is 365 g/mol. The Kier molecular flexibility index (Phi) is 7.25. The molecule has 0 spiro atoms. The summed E-state index contributed by atoms with van der Waals surface area (Å²) in [5, 5.41) is 6.49. The predicted molar refractivity (Wildman–Crippen MR) is 122 cm³/mol. The number of benzene rings is 2. The van der Waals surface area contributed by atoms with Crippen molar-refractivity contribution >= 4 is 26.0 Å². The molecule has 0 bridgehead atoms. The van der Waals surface area contributed by atoms with Gasteiger partial charge in [0, 0.05) is 16.7 Å². The molecule has 1 N–H and O–H groups in total. The van der Waals surface area contributed by atoms with Crippen molar-refractivity contribution in [1.82, 2.24) is 5.09 Å². The minimum absolute atomic E-state index is 0.000382. The Hall–Kier alpha value is -1.63. The maximum atomic E-state index is 14.4. The van der Waals surface area contributed by atoms with Crippen LogP contribution in [-0.4, -0.2) is 14.1 Å². The van der Waals surface area contributed by atoms with E-state index in [-0.39, 0.29) is 6.04 Å². The smallest absolute Gasteiger partial charge is 0.205 e. The van der Waals surface area contributed by atoms with Crippen molar-refractivity contribution in [2.24, 2.45) is 5.92 Å². The summed E-state index contributed by atoms with van der Waals surface area (Å²) in [7, 11) is -4.65. The third-order valence-electron chi connectivity index (χ3n) is 4.63. The molecule has 0 aliphatic rings. The Labute approximate surface area is 165 Å². The molecule has 0 saturated heterocycles. The zero-order valence-electron chi connectivity index (χ0n) is 17.2. The van der Waals surface area contributed by atoms with Crippen LogP contribution < -0.4 is 15.7 Å². The topological polar surface area (TPSA) is 29.1 Å². The van der Waals surface area contributed by atoms with Gasteiger partial charge < -0.3 is 0 Å². The first-order chi connectivity index (χ1) is 12.7. The van der Waals surface area contributed by atoms with Crippen molar-refractivity contribution in [3.63, 3.8) is 0 Å². The van der Waals surface area contributed by atoms with Crippen LogP contribution in [0.5, 0.6) is 0 Å². The molecule has 144 valence electrons. The van der Waals surface area contributed by atoms with Crippen LogP contribution >= 0.6 is 7.29 Å². The molecule has 2 rings (SSSR count). The van der Waals surface area contributed by atoms with Gasteiger partial charge in [0.2, 0.25) is 7.29 Å². The minimum atomic E-state index is -2.99. The van der Waals surface area contributed by atoms with E-state index in [9.17, 15) is 4.57 Å².